The van der Waals surface area contributed by atoms with Crippen LogP contribution in [0.1, 0.15) is 36.8 Å². The first-order valence-corrected chi connectivity index (χ1v) is 12.5. The standard InChI is InChI=1S/C24H41N3O4S/c1-18-14-22(30-7)15-19(2)24(18)32(29)27(6)12-13-31-17-23(28)26(5)16-20-8-10-21(11-9-20)25(3)4/h14-15,20-21H,8-13,16-17H2,1-7H3. The van der Waals surface area contributed by atoms with Gasteiger partial charge in [-0.15, -0.1) is 0 Å². The summed E-state index contributed by atoms with van der Waals surface area (Å²) >= 11 is 0. The molecule has 1 amide bonds. The zero-order valence-electron chi connectivity index (χ0n) is 20.8. The van der Waals surface area contributed by atoms with Crippen LogP contribution in [0.25, 0.3) is 0 Å². The summed E-state index contributed by atoms with van der Waals surface area (Å²) in [7, 11) is 8.28. The van der Waals surface area contributed by atoms with Crippen molar-refractivity contribution in [2.75, 3.05) is 61.6 Å². The number of rotatable bonds is 11. The Bertz CT molecular complexity index is 756. The fourth-order valence-electron chi connectivity index (χ4n) is 4.34. The zero-order chi connectivity index (χ0) is 23.8. The fourth-order valence-corrected chi connectivity index (χ4v) is 5.56. The molecule has 0 heterocycles. The number of carbonyl (C=O) groups excluding carboxylic acids is 1. The van der Waals surface area contributed by atoms with Gasteiger partial charge in [0, 0.05) is 33.2 Å². The van der Waals surface area contributed by atoms with Crippen molar-refractivity contribution in [2.24, 2.45) is 5.92 Å². The van der Waals surface area contributed by atoms with Crippen molar-refractivity contribution < 1.29 is 18.5 Å². The number of hydrogen-bond donors (Lipinski definition) is 0. The third kappa shape index (κ3) is 7.54. The van der Waals surface area contributed by atoms with Gasteiger partial charge in [0.05, 0.1) is 18.6 Å². The average Bonchev–Trinajstić information content (AvgIpc) is 2.75. The predicted molar refractivity (Wildman–Crippen MR) is 129 cm³/mol. The molecule has 0 radical (unpaired) electrons. The lowest BCUT2D eigenvalue weighted by molar-refractivity contribution is -0.135. The summed E-state index contributed by atoms with van der Waals surface area (Å²) in [6.45, 7) is 5.56. The normalized spacial score (nSPS) is 19.9. The largest absolute Gasteiger partial charge is 0.497 e. The molecule has 0 aromatic heterocycles. The van der Waals surface area contributed by atoms with E-state index in [1.165, 1.54) is 25.7 Å². The van der Waals surface area contributed by atoms with Crippen LogP contribution in [0.5, 0.6) is 5.75 Å². The summed E-state index contributed by atoms with van der Waals surface area (Å²) < 4.78 is 25.6. The van der Waals surface area contributed by atoms with Gasteiger partial charge in [0.15, 0.2) is 0 Å². The second-order valence-electron chi connectivity index (χ2n) is 9.16. The van der Waals surface area contributed by atoms with E-state index in [0.29, 0.717) is 25.1 Å². The number of nitrogens with zero attached hydrogens (tertiary/aromatic N) is 3. The highest BCUT2D eigenvalue weighted by Gasteiger charge is 2.24. The van der Waals surface area contributed by atoms with E-state index >= 15 is 0 Å². The van der Waals surface area contributed by atoms with Crippen molar-refractivity contribution in [1.82, 2.24) is 14.1 Å². The first-order chi connectivity index (χ1) is 15.1. The van der Waals surface area contributed by atoms with Crippen LogP contribution in [0, 0.1) is 19.8 Å². The minimum atomic E-state index is -1.30. The molecular formula is C24H41N3O4S. The van der Waals surface area contributed by atoms with Gasteiger partial charge in [-0.3, -0.25) is 4.79 Å². The maximum atomic E-state index is 13.0. The highest BCUT2D eigenvalue weighted by atomic mass is 32.2. The van der Waals surface area contributed by atoms with Crippen LogP contribution in [0.3, 0.4) is 0 Å². The highest BCUT2D eigenvalue weighted by Crippen LogP contribution is 2.27. The van der Waals surface area contributed by atoms with Gasteiger partial charge in [-0.25, -0.2) is 8.51 Å². The molecule has 0 saturated heterocycles. The summed E-state index contributed by atoms with van der Waals surface area (Å²) in [5.74, 6) is 1.34. The molecule has 8 heteroatoms. The lowest BCUT2D eigenvalue weighted by atomic mass is 9.85. The maximum Gasteiger partial charge on any atom is 0.248 e. The molecule has 1 fully saturated rings. The van der Waals surface area contributed by atoms with E-state index in [9.17, 15) is 9.00 Å². The van der Waals surface area contributed by atoms with E-state index in [2.05, 4.69) is 19.0 Å². The van der Waals surface area contributed by atoms with E-state index in [1.807, 2.05) is 33.0 Å². The molecule has 182 valence electrons. The molecule has 1 aromatic rings. The molecule has 1 saturated carbocycles. The Kier molecular flexibility index (Phi) is 10.6. The Balaban J connectivity index is 1.72. The minimum Gasteiger partial charge on any atom is -0.497 e. The zero-order valence-corrected chi connectivity index (χ0v) is 21.7. The van der Waals surface area contributed by atoms with Crippen molar-refractivity contribution >= 4 is 16.9 Å². The van der Waals surface area contributed by atoms with Crippen molar-refractivity contribution in [3.63, 3.8) is 0 Å². The molecule has 1 atom stereocenters. The molecule has 1 unspecified atom stereocenters. The summed E-state index contributed by atoms with van der Waals surface area (Å²) in [5, 5.41) is 0. The minimum absolute atomic E-state index is 0.00496. The maximum absolute atomic E-state index is 13.0. The molecule has 0 bridgehead atoms. The topological polar surface area (TPSA) is 62.3 Å². The Morgan fingerprint density at radius 1 is 1.06 bits per heavy atom. The number of hydrogen-bond acceptors (Lipinski definition) is 5. The van der Waals surface area contributed by atoms with Crippen molar-refractivity contribution in [1.29, 1.82) is 0 Å². The SMILES string of the molecule is COc1cc(C)c(S(=O)N(C)CCOCC(=O)N(C)CC2CCC(N(C)C)CC2)c(C)c1. The molecule has 1 aromatic carbocycles. The number of likely N-dealkylation sites (N-methyl/N-ethyl adjacent to an activating group) is 2. The second-order valence-corrected chi connectivity index (χ2v) is 10.7. The number of ether oxygens (including phenoxy) is 2. The molecule has 1 aliphatic carbocycles. The summed E-state index contributed by atoms with van der Waals surface area (Å²) in [6.07, 6.45) is 4.74. The Hall–Kier alpha value is -1.48. The van der Waals surface area contributed by atoms with Gasteiger partial charge < -0.3 is 19.3 Å². The molecule has 7 nitrogen and oxygen atoms in total. The van der Waals surface area contributed by atoms with Gasteiger partial charge in [0.1, 0.15) is 23.3 Å². The van der Waals surface area contributed by atoms with Gasteiger partial charge in [0.2, 0.25) is 5.91 Å². The smallest absolute Gasteiger partial charge is 0.248 e. The first-order valence-electron chi connectivity index (χ1n) is 11.4. The fraction of sp³-hybridized carbons (Fsp3) is 0.708. The predicted octanol–water partition coefficient (Wildman–Crippen LogP) is 2.86. The third-order valence-electron chi connectivity index (χ3n) is 6.41. The van der Waals surface area contributed by atoms with Crippen LogP contribution < -0.4 is 4.74 Å². The van der Waals surface area contributed by atoms with E-state index in [-0.39, 0.29) is 12.5 Å². The lowest BCUT2D eigenvalue weighted by Gasteiger charge is -2.34. The van der Waals surface area contributed by atoms with Gasteiger partial charge in [0.25, 0.3) is 0 Å². The highest BCUT2D eigenvalue weighted by molar-refractivity contribution is 7.82. The van der Waals surface area contributed by atoms with Crippen LogP contribution in [0.2, 0.25) is 0 Å². The number of amides is 1. The lowest BCUT2D eigenvalue weighted by Crippen LogP contribution is -2.38. The monoisotopic (exact) mass is 467 g/mol. The summed E-state index contributed by atoms with van der Waals surface area (Å²) in [6, 6.07) is 4.46. The van der Waals surface area contributed by atoms with Crippen LogP contribution in [0.4, 0.5) is 0 Å². The average molecular weight is 468 g/mol. The molecule has 0 spiro atoms. The third-order valence-corrected chi connectivity index (χ3v) is 8.15. The van der Waals surface area contributed by atoms with Crippen molar-refractivity contribution in [2.45, 2.75) is 50.5 Å². The number of benzene rings is 1. The van der Waals surface area contributed by atoms with Crippen LogP contribution >= 0.6 is 0 Å². The molecular weight excluding hydrogens is 426 g/mol. The van der Waals surface area contributed by atoms with Crippen LogP contribution in [-0.2, 0) is 20.5 Å². The number of carbonyl (C=O) groups is 1. The van der Waals surface area contributed by atoms with Crippen molar-refractivity contribution in [3.05, 3.63) is 23.3 Å². The van der Waals surface area contributed by atoms with Gasteiger partial charge >= 0.3 is 0 Å². The second kappa shape index (κ2) is 12.7. The molecule has 2 rings (SSSR count). The molecule has 1 aliphatic rings. The number of aryl methyl sites for hydroxylation is 2. The van der Waals surface area contributed by atoms with E-state index in [0.717, 1.165) is 28.3 Å². The Labute approximate surface area is 196 Å². The molecule has 32 heavy (non-hydrogen) atoms. The van der Waals surface area contributed by atoms with Gasteiger partial charge in [-0.05, 0) is 82.8 Å². The Morgan fingerprint density at radius 2 is 1.66 bits per heavy atom. The van der Waals surface area contributed by atoms with E-state index in [1.54, 1.807) is 23.4 Å². The first kappa shape index (κ1) is 26.8. The summed E-state index contributed by atoms with van der Waals surface area (Å²) in [4.78, 5) is 17.3. The van der Waals surface area contributed by atoms with Gasteiger partial charge in [-0.1, -0.05) is 0 Å². The molecule has 0 aliphatic heterocycles. The van der Waals surface area contributed by atoms with Crippen LogP contribution in [-0.4, -0.2) is 91.9 Å². The van der Waals surface area contributed by atoms with Crippen LogP contribution in [0.15, 0.2) is 17.0 Å². The van der Waals surface area contributed by atoms with Gasteiger partial charge in [-0.2, -0.15) is 0 Å². The van der Waals surface area contributed by atoms with E-state index < -0.39 is 11.0 Å². The van der Waals surface area contributed by atoms with E-state index in [4.69, 9.17) is 9.47 Å². The van der Waals surface area contributed by atoms with Crippen molar-refractivity contribution in [3.8, 4) is 5.75 Å². The molecule has 0 N–H and O–H groups in total. The Morgan fingerprint density at radius 3 is 2.19 bits per heavy atom. The summed E-state index contributed by atoms with van der Waals surface area (Å²) in [5.41, 5.74) is 1.87. The quantitative estimate of drug-likeness (QED) is 0.469. The number of methoxy groups -OCH3 is 1.